The smallest absolute Gasteiger partial charge is 0.338 e. The molecule has 44 heavy (non-hydrogen) atoms. The molecule has 0 saturated heterocycles. The zero-order valence-corrected chi connectivity index (χ0v) is 25.3. The fourth-order valence-corrected chi connectivity index (χ4v) is 7.24. The van der Waals surface area contributed by atoms with Gasteiger partial charge in [0.2, 0.25) is 10.0 Å². The average molecular weight is 622 g/mol. The van der Waals surface area contributed by atoms with E-state index in [-0.39, 0.29) is 35.3 Å². The molecule has 1 amide bonds. The topological polar surface area (TPSA) is 96.3 Å². The van der Waals surface area contributed by atoms with Crippen LogP contribution in [0.5, 0.6) is 0 Å². The van der Waals surface area contributed by atoms with Crippen LogP contribution in [0.4, 0.5) is 8.78 Å². The molecule has 230 valence electrons. The third kappa shape index (κ3) is 6.48. The summed E-state index contributed by atoms with van der Waals surface area (Å²) in [6.07, 6.45) is 4.21. The third-order valence-corrected chi connectivity index (χ3v) is 9.97. The van der Waals surface area contributed by atoms with Gasteiger partial charge in [-0.1, -0.05) is 44.2 Å². The van der Waals surface area contributed by atoms with Gasteiger partial charge >= 0.3 is 5.97 Å². The van der Waals surface area contributed by atoms with Crippen molar-refractivity contribution in [2.24, 2.45) is 11.0 Å². The van der Waals surface area contributed by atoms with Crippen molar-refractivity contribution >= 4 is 33.7 Å². The summed E-state index contributed by atoms with van der Waals surface area (Å²) in [5.41, 5.74) is 3.11. The number of amides is 1. The molecule has 3 aromatic carbocycles. The number of fused-ring (bicyclic) bond motifs is 1. The van der Waals surface area contributed by atoms with Gasteiger partial charge in [-0.15, -0.1) is 0 Å². The van der Waals surface area contributed by atoms with Crippen molar-refractivity contribution in [2.45, 2.75) is 44.0 Å². The van der Waals surface area contributed by atoms with E-state index in [1.165, 1.54) is 57.8 Å². The Balaban J connectivity index is 1.39. The Bertz CT molecular complexity index is 1700. The van der Waals surface area contributed by atoms with Crippen LogP contribution in [0, 0.1) is 17.6 Å². The highest BCUT2D eigenvalue weighted by Crippen LogP contribution is 2.44. The van der Waals surface area contributed by atoms with Crippen molar-refractivity contribution in [3.63, 3.8) is 0 Å². The second-order valence-corrected chi connectivity index (χ2v) is 12.6. The summed E-state index contributed by atoms with van der Waals surface area (Å²) >= 11 is 0. The maximum atomic E-state index is 13.8. The molecule has 1 aliphatic heterocycles. The first-order valence-electron chi connectivity index (χ1n) is 14.5. The van der Waals surface area contributed by atoms with Gasteiger partial charge in [0.15, 0.2) is 6.61 Å². The maximum Gasteiger partial charge on any atom is 0.338 e. The van der Waals surface area contributed by atoms with E-state index in [1.807, 2.05) is 6.08 Å². The lowest BCUT2D eigenvalue weighted by molar-refractivity contribution is -0.137. The van der Waals surface area contributed by atoms with E-state index in [4.69, 9.17) is 9.84 Å². The van der Waals surface area contributed by atoms with Crippen molar-refractivity contribution in [1.29, 1.82) is 0 Å². The number of halogens is 2. The van der Waals surface area contributed by atoms with E-state index in [0.717, 1.165) is 24.0 Å². The number of hydrogen-bond acceptors (Lipinski definition) is 6. The normalized spacial score (nSPS) is 19.2. The van der Waals surface area contributed by atoms with Gasteiger partial charge in [-0.3, -0.25) is 4.79 Å². The molecule has 0 radical (unpaired) electrons. The molecular weight excluding hydrogens is 588 g/mol. The van der Waals surface area contributed by atoms with Crippen LogP contribution in [-0.4, -0.2) is 55.0 Å². The molecule has 1 heterocycles. The summed E-state index contributed by atoms with van der Waals surface area (Å²) in [6, 6.07) is 16.9. The van der Waals surface area contributed by atoms with Crippen molar-refractivity contribution in [1.82, 2.24) is 9.31 Å². The molecule has 1 aliphatic carbocycles. The molecule has 5 rings (SSSR count). The lowest BCUT2D eigenvalue weighted by Gasteiger charge is -2.29. The summed E-state index contributed by atoms with van der Waals surface area (Å²) in [5, 5.41) is 6.01. The van der Waals surface area contributed by atoms with Crippen molar-refractivity contribution in [2.75, 3.05) is 19.7 Å². The molecule has 11 heteroatoms. The molecule has 1 fully saturated rings. The molecule has 1 saturated carbocycles. The van der Waals surface area contributed by atoms with Crippen molar-refractivity contribution in [3.8, 4) is 0 Å². The molecule has 3 aromatic rings. The van der Waals surface area contributed by atoms with Crippen molar-refractivity contribution in [3.05, 3.63) is 107 Å². The van der Waals surface area contributed by atoms with Crippen LogP contribution in [-0.2, 0) is 19.6 Å². The van der Waals surface area contributed by atoms with E-state index >= 15 is 0 Å². The van der Waals surface area contributed by atoms with Gasteiger partial charge in [0.05, 0.1) is 22.2 Å². The summed E-state index contributed by atoms with van der Waals surface area (Å²) < 4.78 is 59.8. The first-order chi connectivity index (χ1) is 21.1. The maximum absolute atomic E-state index is 13.8. The third-order valence-electron chi connectivity index (χ3n) is 7.92. The van der Waals surface area contributed by atoms with Gasteiger partial charge in [0.25, 0.3) is 5.91 Å². The number of hydrazone groups is 1. The summed E-state index contributed by atoms with van der Waals surface area (Å²) in [7, 11) is -3.80. The van der Waals surface area contributed by atoms with Gasteiger partial charge in [-0.2, -0.15) is 9.41 Å². The number of rotatable bonds is 9. The number of nitrogens with zero attached hydrogens (tertiary/aromatic N) is 3. The predicted octanol–water partition coefficient (Wildman–Crippen LogP) is 5.98. The SMILES string of the molecule is CCN(CC)S(=O)(=O)c1cccc(C(=O)OCC(=O)N2N=C3C(=Cc4ccc(F)cc4)CCCC3C2c2ccc(F)cc2)c1. The first-order valence-corrected chi connectivity index (χ1v) is 16.0. The standard InChI is InChI=1S/C33H33F2N3O5S/c1-3-37(4-2)44(41,42)28-9-5-8-25(20-28)33(40)43-21-30(39)38-32(23-13-17-27(35)18-14-23)29-10-6-7-24(31(29)36-38)19-22-11-15-26(34)16-12-22/h5,8-9,11-20,29,32H,3-4,6-7,10,21H2,1-2H3. The minimum absolute atomic E-state index is 0.00737. The molecule has 0 N–H and O–H groups in total. The summed E-state index contributed by atoms with van der Waals surface area (Å²) in [4.78, 5) is 26.5. The Labute approximate surface area is 255 Å². The zero-order chi connectivity index (χ0) is 31.4. The molecule has 0 spiro atoms. The van der Waals surface area contributed by atoms with Gasteiger partial charge in [0.1, 0.15) is 11.6 Å². The molecule has 8 nitrogen and oxygen atoms in total. The molecule has 2 aliphatic rings. The number of carbonyl (C=O) groups excluding carboxylic acids is 2. The van der Waals surface area contributed by atoms with E-state index in [2.05, 4.69) is 0 Å². The second-order valence-electron chi connectivity index (χ2n) is 10.6. The fourth-order valence-electron chi connectivity index (χ4n) is 5.73. The minimum Gasteiger partial charge on any atom is -0.452 e. The van der Waals surface area contributed by atoms with Crippen LogP contribution >= 0.6 is 0 Å². The molecule has 0 aromatic heterocycles. The number of benzene rings is 3. The first kappa shape index (κ1) is 31.2. The zero-order valence-electron chi connectivity index (χ0n) is 24.4. The van der Waals surface area contributed by atoms with Gasteiger partial charge < -0.3 is 4.74 Å². The number of esters is 1. The monoisotopic (exact) mass is 621 g/mol. The van der Waals surface area contributed by atoms with Gasteiger partial charge in [0, 0.05) is 19.0 Å². The fraction of sp³-hybridized carbons (Fsp3) is 0.303. The number of hydrogen-bond donors (Lipinski definition) is 0. The van der Waals surface area contributed by atoms with Crippen LogP contribution in [0.3, 0.4) is 0 Å². The highest BCUT2D eigenvalue weighted by molar-refractivity contribution is 7.89. The lowest BCUT2D eigenvalue weighted by Crippen LogP contribution is -2.34. The molecule has 2 unspecified atom stereocenters. The number of ether oxygens (including phenoxy) is 1. The summed E-state index contributed by atoms with van der Waals surface area (Å²) in [5.74, 6) is -2.36. The Morgan fingerprint density at radius 3 is 2.32 bits per heavy atom. The predicted molar refractivity (Wildman–Crippen MR) is 162 cm³/mol. The number of carbonyl (C=O) groups is 2. The van der Waals surface area contributed by atoms with Crippen LogP contribution in [0.25, 0.3) is 6.08 Å². The number of sulfonamides is 1. The van der Waals surface area contributed by atoms with Crippen LogP contribution in [0.2, 0.25) is 0 Å². The highest BCUT2D eigenvalue weighted by Gasteiger charge is 2.44. The quantitative estimate of drug-likeness (QED) is 0.274. The molecule has 2 atom stereocenters. The van der Waals surface area contributed by atoms with Gasteiger partial charge in [-0.25, -0.2) is 27.0 Å². The van der Waals surface area contributed by atoms with E-state index in [1.54, 1.807) is 38.1 Å². The summed E-state index contributed by atoms with van der Waals surface area (Å²) in [6.45, 7) is 3.37. The largest absolute Gasteiger partial charge is 0.452 e. The average Bonchev–Trinajstić information content (AvgIpc) is 3.42. The Kier molecular flexibility index (Phi) is 9.36. The van der Waals surface area contributed by atoms with Crippen molar-refractivity contribution < 1.29 is 31.5 Å². The van der Waals surface area contributed by atoms with Crippen LogP contribution in [0.1, 0.15) is 60.6 Å². The van der Waals surface area contributed by atoms with E-state index in [0.29, 0.717) is 17.7 Å². The number of allylic oxidation sites excluding steroid dienone is 1. The van der Waals surface area contributed by atoms with Crippen LogP contribution < -0.4 is 0 Å². The van der Waals surface area contributed by atoms with E-state index in [9.17, 15) is 26.8 Å². The highest BCUT2D eigenvalue weighted by atomic mass is 32.2. The lowest BCUT2D eigenvalue weighted by atomic mass is 9.77. The van der Waals surface area contributed by atoms with Crippen LogP contribution in [0.15, 0.2) is 88.4 Å². The van der Waals surface area contributed by atoms with E-state index < -0.39 is 40.4 Å². The minimum atomic E-state index is -3.80. The Hall–Kier alpha value is -4.22. The van der Waals surface area contributed by atoms with Gasteiger partial charge in [-0.05, 0) is 84.5 Å². The second kappa shape index (κ2) is 13.2. The Morgan fingerprint density at radius 2 is 1.66 bits per heavy atom. The molecule has 0 bridgehead atoms. The Morgan fingerprint density at radius 1 is 1.00 bits per heavy atom. The molecular formula is C33H33F2N3O5S.